The van der Waals surface area contributed by atoms with Gasteiger partial charge in [0, 0.05) is 18.4 Å². The summed E-state index contributed by atoms with van der Waals surface area (Å²) in [5.74, 6) is -0.875. The SMILES string of the molecule is CCOCn1nnc(-c2ccc(F)cc2)c1-c1ccnc(Oc2ccccc2F)n1. The number of hydrogen-bond acceptors (Lipinski definition) is 6. The third-order valence-electron chi connectivity index (χ3n) is 4.18. The van der Waals surface area contributed by atoms with Gasteiger partial charge in [0.2, 0.25) is 0 Å². The highest BCUT2D eigenvalue weighted by atomic mass is 19.1. The van der Waals surface area contributed by atoms with Gasteiger partial charge in [0.1, 0.15) is 23.9 Å². The minimum Gasteiger partial charge on any atom is -0.421 e. The van der Waals surface area contributed by atoms with Gasteiger partial charge < -0.3 is 9.47 Å². The van der Waals surface area contributed by atoms with Crippen LogP contribution in [0.4, 0.5) is 8.78 Å². The quantitative estimate of drug-likeness (QED) is 0.448. The summed E-state index contributed by atoms with van der Waals surface area (Å²) in [5.41, 5.74) is 2.13. The third kappa shape index (κ3) is 4.15. The van der Waals surface area contributed by atoms with Crippen LogP contribution < -0.4 is 4.74 Å². The number of para-hydroxylation sites is 1. The van der Waals surface area contributed by atoms with Crippen LogP contribution in [0.3, 0.4) is 0 Å². The summed E-state index contributed by atoms with van der Waals surface area (Å²) in [6, 6.07) is 13.5. The lowest BCUT2D eigenvalue weighted by atomic mass is 10.1. The van der Waals surface area contributed by atoms with Crippen LogP contribution in [0.15, 0.2) is 60.8 Å². The Morgan fingerprint density at radius 3 is 2.57 bits per heavy atom. The lowest BCUT2D eigenvalue weighted by Crippen LogP contribution is -2.07. The van der Waals surface area contributed by atoms with E-state index in [9.17, 15) is 8.78 Å². The molecule has 2 heterocycles. The number of hydrogen-bond donors (Lipinski definition) is 0. The van der Waals surface area contributed by atoms with Crippen molar-refractivity contribution >= 4 is 0 Å². The lowest BCUT2D eigenvalue weighted by molar-refractivity contribution is 0.0790. The molecular formula is C21H17F2N5O2. The molecule has 0 radical (unpaired) electrons. The Balaban J connectivity index is 1.76. The van der Waals surface area contributed by atoms with Gasteiger partial charge >= 0.3 is 6.01 Å². The van der Waals surface area contributed by atoms with E-state index in [1.807, 2.05) is 6.92 Å². The second-order valence-electron chi connectivity index (χ2n) is 6.17. The van der Waals surface area contributed by atoms with Crippen LogP contribution in [0, 0.1) is 11.6 Å². The standard InChI is InChI=1S/C21H17F2N5O2/c1-2-29-13-28-20(19(26-27-28)14-7-9-15(22)10-8-14)17-11-12-24-21(25-17)30-18-6-4-3-5-16(18)23/h3-12H,2,13H2,1H3. The van der Waals surface area contributed by atoms with Crippen molar-refractivity contribution in [1.82, 2.24) is 25.0 Å². The first kappa shape index (κ1) is 19.6. The van der Waals surface area contributed by atoms with E-state index in [4.69, 9.17) is 9.47 Å². The maximum absolute atomic E-state index is 13.9. The Morgan fingerprint density at radius 1 is 1.00 bits per heavy atom. The van der Waals surface area contributed by atoms with E-state index in [1.54, 1.807) is 30.3 Å². The number of ether oxygens (including phenoxy) is 2. The number of benzene rings is 2. The maximum atomic E-state index is 13.9. The molecule has 0 aliphatic carbocycles. The lowest BCUT2D eigenvalue weighted by Gasteiger charge is -2.09. The zero-order chi connectivity index (χ0) is 20.9. The molecule has 152 valence electrons. The summed E-state index contributed by atoms with van der Waals surface area (Å²) in [5, 5.41) is 8.37. The molecule has 0 amide bonds. The summed E-state index contributed by atoms with van der Waals surface area (Å²) >= 11 is 0. The van der Waals surface area contributed by atoms with Crippen LogP contribution in [0.1, 0.15) is 6.92 Å². The molecule has 0 saturated heterocycles. The largest absolute Gasteiger partial charge is 0.421 e. The molecule has 0 fully saturated rings. The van der Waals surface area contributed by atoms with E-state index < -0.39 is 5.82 Å². The fourth-order valence-corrected chi connectivity index (χ4v) is 2.78. The predicted octanol–water partition coefficient (Wildman–Crippen LogP) is 4.47. The molecule has 0 bridgehead atoms. The van der Waals surface area contributed by atoms with Crippen molar-refractivity contribution < 1.29 is 18.3 Å². The fourth-order valence-electron chi connectivity index (χ4n) is 2.78. The molecule has 0 aliphatic rings. The van der Waals surface area contributed by atoms with Gasteiger partial charge in [0.25, 0.3) is 0 Å². The molecule has 0 aliphatic heterocycles. The minimum absolute atomic E-state index is 0.00866. The third-order valence-corrected chi connectivity index (χ3v) is 4.18. The van der Waals surface area contributed by atoms with E-state index in [0.29, 0.717) is 29.3 Å². The Bertz CT molecular complexity index is 1150. The maximum Gasteiger partial charge on any atom is 0.322 e. The van der Waals surface area contributed by atoms with Gasteiger partial charge in [-0.15, -0.1) is 5.10 Å². The first-order valence-corrected chi connectivity index (χ1v) is 9.18. The van der Waals surface area contributed by atoms with E-state index in [-0.39, 0.29) is 24.3 Å². The van der Waals surface area contributed by atoms with Crippen molar-refractivity contribution in [1.29, 1.82) is 0 Å². The highest BCUT2D eigenvalue weighted by Gasteiger charge is 2.19. The van der Waals surface area contributed by atoms with Crippen LogP contribution >= 0.6 is 0 Å². The normalized spacial score (nSPS) is 10.9. The van der Waals surface area contributed by atoms with Gasteiger partial charge in [-0.2, -0.15) is 4.98 Å². The zero-order valence-corrected chi connectivity index (χ0v) is 16.0. The van der Waals surface area contributed by atoms with Gasteiger partial charge in [0.15, 0.2) is 11.6 Å². The van der Waals surface area contributed by atoms with Crippen LogP contribution in [-0.2, 0) is 11.5 Å². The molecule has 2 aromatic carbocycles. The summed E-state index contributed by atoms with van der Waals surface area (Å²) in [7, 11) is 0. The summed E-state index contributed by atoms with van der Waals surface area (Å²) in [6.07, 6.45) is 1.49. The number of nitrogens with zero attached hydrogens (tertiary/aromatic N) is 5. The predicted molar refractivity (Wildman–Crippen MR) is 105 cm³/mol. The highest BCUT2D eigenvalue weighted by Crippen LogP contribution is 2.30. The van der Waals surface area contributed by atoms with E-state index in [2.05, 4.69) is 20.3 Å². The van der Waals surface area contributed by atoms with Crippen LogP contribution in [-0.4, -0.2) is 31.6 Å². The molecule has 0 atom stereocenters. The van der Waals surface area contributed by atoms with Crippen molar-refractivity contribution in [2.24, 2.45) is 0 Å². The molecule has 0 spiro atoms. The molecule has 4 aromatic rings. The van der Waals surface area contributed by atoms with E-state index >= 15 is 0 Å². The first-order valence-electron chi connectivity index (χ1n) is 9.18. The van der Waals surface area contributed by atoms with Crippen molar-refractivity contribution in [3.05, 3.63) is 72.4 Å². The Morgan fingerprint density at radius 2 is 1.80 bits per heavy atom. The average molecular weight is 409 g/mol. The van der Waals surface area contributed by atoms with Gasteiger partial charge in [0.05, 0.1) is 5.69 Å². The Hall–Kier alpha value is -3.72. The fraction of sp³-hybridized carbons (Fsp3) is 0.143. The molecule has 0 saturated carbocycles. The number of rotatable bonds is 7. The molecule has 0 N–H and O–H groups in total. The summed E-state index contributed by atoms with van der Waals surface area (Å²) in [6.45, 7) is 2.49. The molecular weight excluding hydrogens is 392 g/mol. The Labute approximate surface area is 170 Å². The van der Waals surface area contributed by atoms with Crippen LogP contribution in [0.2, 0.25) is 0 Å². The van der Waals surface area contributed by atoms with Gasteiger partial charge in [-0.25, -0.2) is 18.4 Å². The number of halogens is 2. The summed E-state index contributed by atoms with van der Waals surface area (Å²) < 4.78 is 39.8. The van der Waals surface area contributed by atoms with Crippen molar-refractivity contribution in [2.75, 3.05) is 6.61 Å². The van der Waals surface area contributed by atoms with Crippen molar-refractivity contribution in [3.8, 4) is 34.4 Å². The minimum atomic E-state index is -0.526. The molecule has 2 aromatic heterocycles. The van der Waals surface area contributed by atoms with Gasteiger partial charge in [-0.3, -0.25) is 0 Å². The zero-order valence-electron chi connectivity index (χ0n) is 16.0. The van der Waals surface area contributed by atoms with E-state index in [0.717, 1.165) is 0 Å². The smallest absolute Gasteiger partial charge is 0.322 e. The van der Waals surface area contributed by atoms with Crippen LogP contribution in [0.25, 0.3) is 22.6 Å². The van der Waals surface area contributed by atoms with Crippen LogP contribution in [0.5, 0.6) is 11.8 Å². The van der Waals surface area contributed by atoms with Gasteiger partial charge in [-0.05, 0) is 49.4 Å². The van der Waals surface area contributed by atoms with Gasteiger partial charge in [-0.1, -0.05) is 17.3 Å². The second kappa shape index (κ2) is 8.75. The van der Waals surface area contributed by atoms with Crippen molar-refractivity contribution in [3.63, 3.8) is 0 Å². The molecule has 7 nitrogen and oxygen atoms in total. The highest BCUT2D eigenvalue weighted by molar-refractivity contribution is 5.76. The molecule has 4 rings (SSSR count). The van der Waals surface area contributed by atoms with E-state index in [1.165, 1.54) is 35.1 Å². The average Bonchev–Trinajstić information content (AvgIpc) is 3.18. The van der Waals surface area contributed by atoms with Crippen molar-refractivity contribution in [2.45, 2.75) is 13.7 Å². The second-order valence-corrected chi connectivity index (χ2v) is 6.17. The first-order chi connectivity index (χ1) is 14.7. The Kier molecular flexibility index (Phi) is 5.71. The number of aromatic nitrogens is 5. The molecule has 9 heteroatoms. The summed E-state index contributed by atoms with van der Waals surface area (Å²) in [4.78, 5) is 8.45. The molecule has 30 heavy (non-hydrogen) atoms. The monoisotopic (exact) mass is 409 g/mol. The molecule has 0 unspecified atom stereocenters. The topological polar surface area (TPSA) is 75.0 Å².